The van der Waals surface area contributed by atoms with Crippen LogP contribution in [0.5, 0.6) is 0 Å². The Morgan fingerprint density at radius 1 is 1.15 bits per heavy atom. The number of nitrogens with one attached hydrogen (secondary N) is 1. The molecule has 0 saturated carbocycles. The highest BCUT2D eigenvalue weighted by Gasteiger charge is 2.07. The van der Waals surface area contributed by atoms with Crippen molar-refractivity contribution in [2.45, 2.75) is 0 Å². The van der Waals surface area contributed by atoms with E-state index >= 15 is 0 Å². The predicted molar refractivity (Wildman–Crippen MR) is 89.5 cm³/mol. The summed E-state index contributed by atoms with van der Waals surface area (Å²) in [7, 11) is 0. The van der Waals surface area contributed by atoms with Gasteiger partial charge in [-0.3, -0.25) is 0 Å². The van der Waals surface area contributed by atoms with Crippen LogP contribution in [0.4, 0.5) is 10.8 Å². The highest BCUT2D eigenvalue weighted by atomic mass is 79.9. The minimum absolute atomic E-state index is 0.621. The Morgan fingerprint density at radius 3 is 2.75 bits per heavy atom. The molecule has 3 rings (SSSR count). The van der Waals surface area contributed by atoms with Crippen LogP contribution in [0.3, 0.4) is 0 Å². The largest absolute Gasteiger partial charge is 0.331 e. The zero-order chi connectivity index (χ0) is 14.1. The van der Waals surface area contributed by atoms with Gasteiger partial charge in [0.25, 0.3) is 0 Å². The van der Waals surface area contributed by atoms with Crippen molar-refractivity contribution in [3.63, 3.8) is 0 Å². The fourth-order valence-electron chi connectivity index (χ4n) is 1.75. The van der Waals surface area contributed by atoms with Gasteiger partial charge in [-0.15, -0.1) is 0 Å². The van der Waals surface area contributed by atoms with Crippen molar-refractivity contribution in [3.8, 4) is 6.07 Å². The molecule has 0 amide bonds. The minimum atomic E-state index is 0.621. The number of hydrogen-bond donors (Lipinski definition) is 1. The van der Waals surface area contributed by atoms with Crippen molar-refractivity contribution in [2.24, 2.45) is 0 Å². The molecule has 0 radical (unpaired) electrons. The second-order valence-corrected chi connectivity index (χ2v) is 6.86. The molecule has 0 aliphatic heterocycles. The van der Waals surface area contributed by atoms with E-state index in [2.05, 4.69) is 48.2 Å². The van der Waals surface area contributed by atoms with E-state index in [0.29, 0.717) is 5.56 Å². The van der Waals surface area contributed by atoms with Gasteiger partial charge in [0.1, 0.15) is 0 Å². The Labute approximate surface area is 136 Å². The van der Waals surface area contributed by atoms with Crippen molar-refractivity contribution in [1.82, 2.24) is 4.98 Å². The van der Waals surface area contributed by atoms with Gasteiger partial charge in [0, 0.05) is 8.95 Å². The van der Waals surface area contributed by atoms with E-state index in [9.17, 15) is 0 Å². The predicted octanol–water partition coefficient (Wildman–Crippen LogP) is 5.44. The van der Waals surface area contributed by atoms with Crippen LogP contribution in [0.1, 0.15) is 5.56 Å². The summed E-state index contributed by atoms with van der Waals surface area (Å²) in [4.78, 5) is 4.53. The van der Waals surface area contributed by atoms with Crippen molar-refractivity contribution < 1.29 is 0 Å². The molecule has 0 aliphatic carbocycles. The van der Waals surface area contributed by atoms with Crippen LogP contribution >= 0.6 is 43.2 Å². The van der Waals surface area contributed by atoms with Crippen LogP contribution in [0.25, 0.3) is 10.2 Å². The lowest BCUT2D eigenvalue weighted by Gasteiger charge is -2.05. The Morgan fingerprint density at radius 2 is 2.00 bits per heavy atom. The molecular weight excluding hydrogens is 402 g/mol. The minimum Gasteiger partial charge on any atom is -0.331 e. The van der Waals surface area contributed by atoms with Gasteiger partial charge in [0.15, 0.2) is 5.13 Å². The summed E-state index contributed by atoms with van der Waals surface area (Å²) in [5.74, 6) is 0. The number of rotatable bonds is 2. The first-order valence-corrected chi connectivity index (χ1v) is 8.09. The first-order chi connectivity index (χ1) is 9.65. The van der Waals surface area contributed by atoms with E-state index in [0.717, 1.165) is 30.0 Å². The lowest BCUT2D eigenvalue weighted by Crippen LogP contribution is -1.90. The molecule has 0 aliphatic rings. The molecule has 3 aromatic rings. The van der Waals surface area contributed by atoms with Crippen LogP contribution in [-0.4, -0.2) is 4.98 Å². The van der Waals surface area contributed by atoms with Gasteiger partial charge in [0.05, 0.1) is 27.5 Å². The number of thiazole rings is 1. The molecule has 0 fully saturated rings. The van der Waals surface area contributed by atoms with Gasteiger partial charge in [0.2, 0.25) is 0 Å². The maximum absolute atomic E-state index is 8.86. The van der Waals surface area contributed by atoms with E-state index in [-0.39, 0.29) is 0 Å². The summed E-state index contributed by atoms with van der Waals surface area (Å²) in [6.45, 7) is 0. The van der Waals surface area contributed by atoms with E-state index in [1.807, 2.05) is 24.3 Å². The Bertz CT molecular complexity index is 836. The fraction of sp³-hybridized carbons (Fsp3) is 0. The van der Waals surface area contributed by atoms with Crippen molar-refractivity contribution in [1.29, 1.82) is 5.26 Å². The molecule has 3 nitrogen and oxygen atoms in total. The van der Waals surface area contributed by atoms with Crippen LogP contribution in [0, 0.1) is 11.3 Å². The highest BCUT2D eigenvalue weighted by molar-refractivity contribution is 9.10. The summed E-state index contributed by atoms with van der Waals surface area (Å²) in [5.41, 5.74) is 2.48. The first-order valence-electron chi connectivity index (χ1n) is 5.68. The highest BCUT2D eigenvalue weighted by Crippen LogP contribution is 2.32. The SMILES string of the molecule is N#Cc1ccc(Nc2nc3ccc(Br)cc3s2)c(Br)c1. The number of benzene rings is 2. The van der Waals surface area contributed by atoms with E-state index in [4.69, 9.17) is 5.26 Å². The zero-order valence-electron chi connectivity index (χ0n) is 10.0. The molecule has 2 aromatic carbocycles. The molecule has 98 valence electrons. The summed E-state index contributed by atoms with van der Waals surface area (Å²) in [5, 5.41) is 12.9. The molecule has 1 heterocycles. The number of anilines is 2. The average Bonchev–Trinajstić information content (AvgIpc) is 2.82. The molecule has 0 saturated heterocycles. The molecule has 1 N–H and O–H groups in total. The van der Waals surface area contributed by atoms with E-state index in [1.54, 1.807) is 23.5 Å². The Kier molecular flexibility index (Phi) is 3.74. The quantitative estimate of drug-likeness (QED) is 0.614. The number of aromatic nitrogens is 1. The van der Waals surface area contributed by atoms with E-state index in [1.165, 1.54) is 0 Å². The monoisotopic (exact) mass is 407 g/mol. The van der Waals surface area contributed by atoms with Gasteiger partial charge in [-0.05, 0) is 52.3 Å². The Balaban J connectivity index is 1.95. The number of hydrogen-bond acceptors (Lipinski definition) is 4. The van der Waals surface area contributed by atoms with Gasteiger partial charge in [-0.25, -0.2) is 4.98 Å². The van der Waals surface area contributed by atoms with Crippen molar-refractivity contribution in [2.75, 3.05) is 5.32 Å². The summed E-state index contributed by atoms with van der Waals surface area (Å²) >= 11 is 8.50. The standard InChI is InChI=1S/C14H7Br2N3S/c15-9-2-4-12-13(6-9)20-14(19-12)18-11-3-1-8(7-17)5-10(11)16/h1-6H,(H,18,19). The van der Waals surface area contributed by atoms with Gasteiger partial charge in [-0.2, -0.15) is 5.26 Å². The second-order valence-electron chi connectivity index (χ2n) is 4.06. The van der Waals surface area contributed by atoms with Gasteiger partial charge >= 0.3 is 0 Å². The maximum Gasteiger partial charge on any atom is 0.188 e. The molecule has 0 bridgehead atoms. The normalized spacial score (nSPS) is 10.4. The number of nitrogens with zero attached hydrogens (tertiary/aromatic N) is 2. The smallest absolute Gasteiger partial charge is 0.188 e. The number of halogens is 2. The van der Waals surface area contributed by atoms with Crippen LogP contribution < -0.4 is 5.32 Å². The van der Waals surface area contributed by atoms with Crippen molar-refractivity contribution >= 4 is 64.2 Å². The molecule has 20 heavy (non-hydrogen) atoms. The number of nitriles is 1. The summed E-state index contributed by atoms with van der Waals surface area (Å²) < 4.78 is 3.00. The molecule has 6 heteroatoms. The summed E-state index contributed by atoms with van der Waals surface area (Å²) in [6, 6.07) is 13.5. The number of fused-ring (bicyclic) bond motifs is 1. The van der Waals surface area contributed by atoms with Crippen LogP contribution in [0.15, 0.2) is 45.3 Å². The third kappa shape index (κ3) is 2.70. The molecular formula is C14H7Br2N3S. The zero-order valence-corrected chi connectivity index (χ0v) is 14.0. The summed E-state index contributed by atoms with van der Waals surface area (Å²) in [6.07, 6.45) is 0. The lowest BCUT2D eigenvalue weighted by atomic mass is 10.2. The van der Waals surface area contributed by atoms with E-state index < -0.39 is 0 Å². The van der Waals surface area contributed by atoms with Crippen molar-refractivity contribution in [3.05, 3.63) is 50.9 Å². The lowest BCUT2D eigenvalue weighted by molar-refractivity contribution is 1.42. The van der Waals surface area contributed by atoms with Crippen LogP contribution in [-0.2, 0) is 0 Å². The molecule has 1 aromatic heterocycles. The molecule has 0 unspecified atom stereocenters. The average molecular weight is 409 g/mol. The second kappa shape index (κ2) is 5.52. The Hall–Kier alpha value is -1.42. The van der Waals surface area contributed by atoms with Gasteiger partial charge < -0.3 is 5.32 Å². The van der Waals surface area contributed by atoms with Gasteiger partial charge in [-0.1, -0.05) is 27.3 Å². The third-order valence-electron chi connectivity index (χ3n) is 2.69. The van der Waals surface area contributed by atoms with Crippen LogP contribution in [0.2, 0.25) is 0 Å². The topological polar surface area (TPSA) is 48.7 Å². The fourth-order valence-corrected chi connectivity index (χ4v) is 3.66. The molecule has 0 atom stereocenters. The maximum atomic E-state index is 8.86. The third-order valence-corrected chi connectivity index (χ3v) is 4.77. The molecule has 0 spiro atoms. The first kappa shape index (κ1) is 13.6.